The average Bonchev–Trinajstić information content (AvgIpc) is 2.94. The van der Waals surface area contributed by atoms with Gasteiger partial charge in [-0.2, -0.15) is 0 Å². The Bertz CT molecular complexity index is 168. The number of nitrogens with zero attached hydrogens (tertiary/aromatic N) is 1. The van der Waals surface area contributed by atoms with E-state index in [1.807, 2.05) is 0 Å². The predicted octanol–water partition coefficient (Wildman–Crippen LogP) is 0.422. The van der Waals surface area contributed by atoms with Crippen molar-refractivity contribution >= 4 is 0 Å². The quantitative estimate of drug-likeness (QED) is 0.604. The molecule has 0 aromatic rings. The van der Waals surface area contributed by atoms with Crippen LogP contribution in [0.25, 0.3) is 0 Å². The second kappa shape index (κ2) is 5.10. The lowest BCUT2D eigenvalue weighted by Gasteiger charge is -2.15. The van der Waals surface area contributed by atoms with Gasteiger partial charge in [-0.25, -0.2) is 0 Å². The number of nitrogens with one attached hydrogen (secondary N) is 2. The van der Waals surface area contributed by atoms with Gasteiger partial charge in [0.1, 0.15) is 0 Å². The van der Waals surface area contributed by atoms with E-state index in [0.717, 1.165) is 31.7 Å². The molecule has 2 N–H and O–H groups in total. The highest BCUT2D eigenvalue weighted by Gasteiger charge is 2.33. The zero-order valence-electron chi connectivity index (χ0n) is 9.26. The summed E-state index contributed by atoms with van der Waals surface area (Å²) in [5.41, 5.74) is 0. The second-order valence-electron chi connectivity index (χ2n) is 4.52. The molecule has 0 bridgehead atoms. The highest BCUT2D eigenvalue weighted by Crippen LogP contribution is 2.29. The van der Waals surface area contributed by atoms with Gasteiger partial charge >= 0.3 is 0 Å². The SMILES string of the molecule is CCNCCNC1CCN(C2CC2)C1. The van der Waals surface area contributed by atoms with Crippen LogP contribution in [0.3, 0.4) is 0 Å². The molecule has 2 rings (SSSR count). The summed E-state index contributed by atoms with van der Waals surface area (Å²) < 4.78 is 0. The van der Waals surface area contributed by atoms with E-state index < -0.39 is 0 Å². The van der Waals surface area contributed by atoms with Gasteiger partial charge in [-0.05, 0) is 25.8 Å². The summed E-state index contributed by atoms with van der Waals surface area (Å²) in [7, 11) is 0. The van der Waals surface area contributed by atoms with Crippen LogP contribution in [0.5, 0.6) is 0 Å². The molecule has 1 unspecified atom stereocenters. The van der Waals surface area contributed by atoms with Crippen molar-refractivity contribution in [1.82, 2.24) is 15.5 Å². The lowest BCUT2D eigenvalue weighted by Crippen LogP contribution is -2.37. The van der Waals surface area contributed by atoms with Crippen molar-refractivity contribution in [2.24, 2.45) is 0 Å². The first kappa shape index (κ1) is 10.4. The highest BCUT2D eigenvalue weighted by molar-refractivity contribution is 4.91. The van der Waals surface area contributed by atoms with Crippen molar-refractivity contribution in [3.05, 3.63) is 0 Å². The third-order valence-electron chi connectivity index (χ3n) is 3.27. The number of likely N-dealkylation sites (tertiary alicyclic amines) is 1. The lowest BCUT2D eigenvalue weighted by molar-refractivity contribution is 0.317. The summed E-state index contributed by atoms with van der Waals surface area (Å²) in [4.78, 5) is 2.66. The van der Waals surface area contributed by atoms with Crippen LogP contribution in [0.15, 0.2) is 0 Å². The van der Waals surface area contributed by atoms with Crippen LogP contribution in [0.4, 0.5) is 0 Å². The molecule has 1 saturated heterocycles. The Morgan fingerprint density at radius 3 is 2.79 bits per heavy atom. The van der Waals surface area contributed by atoms with Gasteiger partial charge in [0.25, 0.3) is 0 Å². The van der Waals surface area contributed by atoms with E-state index in [1.54, 1.807) is 0 Å². The maximum absolute atomic E-state index is 3.62. The zero-order valence-corrected chi connectivity index (χ0v) is 9.26. The molecule has 1 saturated carbocycles. The van der Waals surface area contributed by atoms with Crippen molar-refractivity contribution in [1.29, 1.82) is 0 Å². The third kappa shape index (κ3) is 2.94. The molecule has 0 radical (unpaired) electrons. The standard InChI is InChI=1S/C11H23N3/c1-2-12-6-7-13-10-5-8-14(9-10)11-3-4-11/h10-13H,2-9H2,1H3. The van der Waals surface area contributed by atoms with Crippen LogP contribution >= 0.6 is 0 Å². The summed E-state index contributed by atoms with van der Waals surface area (Å²) in [5.74, 6) is 0. The van der Waals surface area contributed by atoms with Gasteiger partial charge in [0.15, 0.2) is 0 Å². The molecule has 1 aliphatic carbocycles. The lowest BCUT2D eigenvalue weighted by atomic mass is 10.2. The van der Waals surface area contributed by atoms with Crippen LogP contribution in [0.1, 0.15) is 26.2 Å². The normalized spacial score (nSPS) is 28.5. The maximum atomic E-state index is 3.62. The van der Waals surface area contributed by atoms with Crippen LogP contribution in [-0.4, -0.2) is 49.7 Å². The van der Waals surface area contributed by atoms with Crippen LogP contribution in [0.2, 0.25) is 0 Å². The minimum atomic E-state index is 0.759. The topological polar surface area (TPSA) is 27.3 Å². The summed E-state index contributed by atoms with van der Waals surface area (Å²) in [6, 6.07) is 1.71. The summed E-state index contributed by atoms with van der Waals surface area (Å²) in [5, 5.41) is 6.97. The minimum absolute atomic E-state index is 0.759. The Hall–Kier alpha value is -0.120. The number of hydrogen-bond donors (Lipinski definition) is 2. The highest BCUT2D eigenvalue weighted by atomic mass is 15.2. The van der Waals surface area contributed by atoms with Crippen molar-refractivity contribution in [3.8, 4) is 0 Å². The second-order valence-corrected chi connectivity index (χ2v) is 4.52. The average molecular weight is 197 g/mol. The first-order valence-corrected chi connectivity index (χ1v) is 6.08. The molecule has 0 amide bonds. The van der Waals surface area contributed by atoms with E-state index in [0.29, 0.717) is 0 Å². The molecule has 2 aliphatic rings. The summed E-state index contributed by atoms with van der Waals surface area (Å²) in [6.45, 7) is 8.08. The largest absolute Gasteiger partial charge is 0.316 e. The van der Waals surface area contributed by atoms with Gasteiger partial charge in [0.05, 0.1) is 0 Å². The molecule has 3 nitrogen and oxygen atoms in total. The van der Waals surface area contributed by atoms with Gasteiger partial charge in [-0.3, -0.25) is 4.90 Å². The van der Waals surface area contributed by atoms with Crippen LogP contribution in [-0.2, 0) is 0 Å². The smallest absolute Gasteiger partial charge is 0.0207 e. The van der Waals surface area contributed by atoms with Crippen molar-refractivity contribution in [2.45, 2.75) is 38.3 Å². The maximum Gasteiger partial charge on any atom is 0.0207 e. The van der Waals surface area contributed by atoms with Gasteiger partial charge in [0, 0.05) is 38.3 Å². The molecule has 1 heterocycles. The number of rotatable bonds is 6. The van der Waals surface area contributed by atoms with E-state index in [2.05, 4.69) is 22.5 Å². The Kier molecular flexibility index (Phi) is 3.79. The van der Waals surface area contributed by atoms with E-state index in [9.17, 15) is 0 Å². The van der Waals surface area contributed by atoms with Gasteiger partial charge in [-0.1, -0.05) is 6.92 Å². The Balaban J connectivity index is 1.54. The fourth-order valence-electron chi connectivity index (χ4n) is 2.27. The molecular formula is C11H23N3. The zero-order chi connectivity index (χ0) is 9.80. The Morgan fingerprint density at radius 1 is 1.21 bits per heavy atom. The Morgan fingerprint density at radius 2 is 2.07 bits per heavy atom. The van der Waals surface area contributed by atoms with Gasteiger partial charge in [-0.15, -0.1) is 0 Å². The fourth-order valence-corrected chi connectivity index (χ4v) is 2.27. The minimum Gasteiger partial charge on any atom is -0.316 e. The first-order valence-electron chi connectivity index (χ1n) is 6.08. The van der Waals surface area contributed by atoms with Crippen molar-refractivity contribution in [2.75, 3.05) is 32.7 Å². The van der Waals surface area contributed by atoms with Gasteiger partial charge < -0.3 is 10.6 Å². The molecule has 0 aromatic carbocycles. The van der Waals surface area contributed by atoms with E-state index in [-0.39, 0.29) is 0 Å². The molecule has 3 heteroatoms. The monoisotopic (exact) mass is 197 g/mol. The molecular weight excluding hydrogens is 174 g/mol. The van der Waals surface area contributed by atoms with E-state index in [4.69, 9.17) is 0 Å². The summed E-state index contributed by atoms with van der Waals surface area (Å²) in [6.07, 6.45) is 4.25. The molecule has 14 heavy (non-hydrogen) atoms. The van der Waals surface area contributed by atoms with Crippen LogP contribution in [0, 0.1) is 0 Å². The number of likely N-dealkylation sites (N-methyl/N-ethyl adjacent to an activating group) is 1. The molecule has 1 aliphatic heterocycles. The first-order chi connectivity index (χ1) is 6.90. The van der Waals surface area contributed by atoms with E-state index in [1.165, 1.54) is 32.4 Å². The molecule has 0 aromatic heterocycles. The molecule has 1 atom stereocenters. The number of hydrogen-bond acceptors (Lipinski definition) is 3. The van der Waals surface area contributed by atoms with Crippen molar-refractivity contribution < 1.29 is 0 Å². The van der Waals surface area contributed by atoms with Crippen LogP contribution < -0.4 is 10.6 Å². The van der Waals surface area contributed by atoms with E-state index >= 15 is 0 Å². The summed E-state index contributed by atoms with van der Waals surface area (Å²) >= 11 is 0. The van der Waals surface area contributed by atoms with Crippen molar-refractivity contribution in [3.63, 3.8) is 0 Å². The molecule has 0 spiro atoms. The molecule has 2 fully saturated rings. The third-order valence-corrected chi connectivity index (χ3v) is 3.27. The molecule has 82 valence electrons. The Labute approximate surface area is 87.2 Å². The predicted molar refractivity (Wildman–Crippen MR) is 59.5 cm³/mol. The fraction of sp³-hybridized carbons (Fsp3) is 1.00. The van der Waals surface area contributed by atoms with Gasteiger partial charge in [0.2, 0.25) is 0 Å².